The first-order valence-corrected chi connectivity index (χ1v) is 9.40. The van der Waals surface area contributed by atoms with E-state index in [2.05, 4.69) is 10.3 Å². The van der Waals surface area contributed by atoms with E-state index in [-0.39, 0.29) is 11.4 Å². The Morgan fingerprint density at radius 3 is 2.91 bits per heavy atom. The Morgan fingerprint density at radius 1 is 1.32 bits per heavy atom. The topological polar surface area (TPSA) is 71.5 Å². The van der Waals surface area contributed by atoms with Gasteiger partial charge in [0.05, 0.1) is 18.0 Å². The Kier molecular flexibility index (Phi) is 3.58. The summed E-state index contributed by atoms with van der Waals surface area (Å²) < 4.78 is 32.2. The lowest BCUT2D eigenvalue weighted by Gasteiger charge is -2.20. The molecule has 2 aliphatic heterocycles. The minimum atomic E-state index is -3.08. The van der Waals surface area contributed by atoms with E-state index in [0.29, 0.717) is 31.5 Å². The second-order valence-electron chi connectivity index (χ2n) is 6.45. The average molecular weight is 323 g/mol. The molecular formula is C15H21N3O3S. The molecule has 0 amide bonds. The minimum absolute atomic E-state index is 0.0593. The lowest BCUT2D eigenvalue weighted by atomic mass is 9.93. The van der Waals surface area contributed by atoms with Crippen molar-refractivity contribution >= 4 is 15.8 Å². The van der Waals surface area contributed by atoms with Gasteiger partial charge in [-0.25, -0.2) is 13.4 Å². The fraction of sp³-hybridized carbons (Fsp3) is 0.667. The van der Waals surface area contributed by atoms with Crippen LogP contribution in [0.2, 0.25) is 0 Å². The number of nitrogens with zero attached hydrogens (tertiary/aromatic N) is 2. The van der Waals surface area contributed by atoms with Gasteiger partial charge in [-0.05, 0) is 25.0 Å². The summed E-state index contributed by atoms with van der Waals surface area (Å²) in [5.41, 5.74) is 0. The van der Waals surface area contributed by atoms with Crippen LogP contribution in [0.5, 0.6) is 0 Å². The largest absolute Gasteiger partial charge is 0.376 e. The number of pyridine rings is 1. The van der Waals surface area contributed by atoms with Gasteiger partial charge in [0.25, 0.3) is 0 Å². The lowest BCUT2D eigenvalue weighted by Crippen LogP contribution is -2.34. The molecule has 7 heteroatoms. The molecule has 0 aromatic carbocycles. The molecule has 2 saturated heterocycles. The molecule has 6 nitrogen and oxygen atoms in total. The summed E-state index contributed by atoms with van der Waals surface area (Å²) in [7, 11) is -3.08. The number of aromatic nitrogens is 1. The minimum Gasteiger partial charge on any atom is -0.376 e. The van der Waals surface area contributed by atoms with Crippen molar-refractivity contribution in [1.29, 1.82) is 0 Å². The van der Waals surface area contributed by atoms with Crippen LogP contribution >= 0.6 is 0 Å². The molecule has 22 heavy (non-hydrogen) atoms. The van der Waals surface area contributed by atoms with Crippen molar-refractivity contribution in [3.8, 4) is 0 Å². The standard InChI is InChI=1S/C15H21N3O3S/c19-22(20,12-4-5-12)18-8-13-11(10-21-14(13)9-18)7-17-15-3-1-2-6-16-15/h1-3,6,11-14H,4-5,7-10H2,(H,16,17)/t11-,13+,14+/m1/s1. The normalized spacial score (nSPS) is 32.1. The second kappa shape index (κ2) is 5.47. The van der Waals surface area contributed by atoms with Crippen LogP contribution in [0.25, 0.3) is 0 Å². The number of hydrogen-bond donors (Lipinski definition) is 1. The lowest BCUT2D eigenvalue weighted by molar-refractivity contribution is 0.104. The smallest absolute Gasteiger partial charge is 0.217 e. The van der Waals surface area contributed by atoms with Gasteiger partial charge in [0.15, 0.2) is 0 Å². The van der Waals surface area contributed by atoms with Gasteiger partial charge in [-0.1, -0.05) is 6.07 Å². The summed E-state index contributed by atoms with van der Waals surface area (Å²) in [5.74, 6) is 1.49. The molecule has 0 bridgehead atoms. The van der Waals surface area contributed by atoms with Crippen LogP contribution < -0.4 is 5.32 Å². The summed E-state index contributed by atoms with van der Waals surface area (Å²) in [6, 6.07) is 5.77. The number of rotatable bonds is 5. The van der Waals surface area contributed by atoms with Crippen LogP contribution in [-0.4, -0.2) is 55.3 Å². The van der Waals surface area contributed by atoms with Crippen LogP contribution in [0.3, 0.4) is 0 Å². The summed E-state index contributed by atoms with van der Waals surface area (Å²) >= 11 is 0. The van der Waals surface area contributed by atoms with Crippen molar-refractivity contribution in [1.82, 2.24) is 9.29 Å². The third kappa shape index (κ3) is 2.61. The van der Waals surface area contributed by atoms with Gasteiger partial charge in [0.2, 0.25) is 10.0 Å². The predicted octanol–water partition coefficient (Wildman–Crippen LogP) is 0.932. The highest BCUT2D eigenvalue weighted by Crippen LogP contribution is 2.39. The molecule has 1 N–H and O–H groups in total. The van der Waals surface area contributed by atoms with Crippen molar-refractivity contribution in [3.63, 3.8) is 0 Å². The molecule has 120 valence electrons. The van der Waals surface area contributed by atoms with Crippen LogP contribution in [0.15, 0.2) is 24.4 Å². The maximum Gasteiger partial charge on any atom is 0.217 e. The first-order chi connectivity index (χ1) is 10.6. The molecule has 3 atom stereocenters. The highest BCUT2D eigenvalue weighted by molar-refractivity contribution is 7.90. The molecule has 0 spiro atoms. The van der Waals surface area contributed by atoms with E-state index in [1.54, 1.807) is 10.5 Å². The molecule has 0 unspecified atom stereocenters. The Bertz CT molecular complexity index is 633. The van der Waals surface area contributed by atoms with Gasteiger partial charge in [-0.3, -0.25) is 0 Å². The van der Waals surface area contributed by atoms with E-state index < -0.39 is 10.0 Å². The number of hydrogen-bond acceptors (Lipinski definition) is 5. The zero-order valence-corrected chi connectivity index (χ0v) is 13.2. The van der Waals surface area contributed by atoms with Crippen LogP contribution in [0.4, 0.5) is 5.82 Å². The molecule has 1 saturated carbocycles. The number of nitrogens with one attached hydrogen (secondary N) is 1. The van der Waals surface area contributed by atoms with E-state index >= 15 is 0 Å². The van der Waals surface area contributed by atoms with E-state index in [1.807, 2.05) is 18.2 Å². The van der Waals surface area contributed by atoms with Gasteiger partial charge < -0.3 is 10.1 Å². The van der Waals surface area contributed by atoms with Gasteiger partial charge in [-0.2, -0.15) is 4.31 Å². The Morgan fingerprint density at radius 2 is 2.18 bits per heavy atom. The third-order valence-electron chi connectivity index (χ3n) is 4.92. The monoisotopic (exact) mass is 323 g/mol. The highest BCUT2D eigenvalue weighted by Gasteiger charge is 2.50. The summed E-state index contributed by atoms with van der Waals surface area (Å²) in [5, 5.41) is 3.20. The zero-order chi connectivity index (χ0) is 15.2. The number of anilines is 1. The average Bonchev–Trinajstić information content (AvgIpc) is 3.19. The summed E-state index contributed by atoms with van der Waals surface area (Å²) in [6.07, 6.45) is 3.46. The van der Waals surface area contributed by atoms with Crippen molar-refractivity contribution < 1.29 is 13.2 Å². The zero-order valence-electron chi connectivity index (χ0n) is 12.4. The molecule has 0 radical (unpaired) electrons. The fourth-order valence-electron chi connectivity index (χ4n) is 3.46. The van der Waals surface area contributed by atoms with Crippen molar-refractivity contribution in [2.75, 3.05) is 31.6 Å². The number of fused-ring (bicyclic) bond motifs is 1. The SMILES string of the molecule is O=S(=O)(C1CC1)N1C[C@H]2[C@H](CNc3ccccn3)CO[C@H]2C1. The maximum atomic E-state index is 12.4. The van der Waals surface area contributed by atoms with Crippen LogP contribution in [0.1, 0.15) is 12.8 Å². The Balaban J connectivity index is 1.38. The van der Waals surface area contributed by atoms with Gasteiger partial charge in [-0.15, -0.1) is 0 Å². The van der Waals surface area contributed by atoms with Crippen LogP contribution in [0, 0.1) is 11.8 Å². The van der Waals surface area contributed by atoms with Gasteiger partial charge in [0, 0.05) is 37.7 Å². The predicted molar refractivity (Wildman–Crippen MR) is 83.0 cm³/mol. The molecule has 4 rings (SSSR count). The molecular weight excluding hydrogens is 302 g/mol. The Hall–Kier alpha value is -1.18. The van der Waals surface area contributed by atoms with Crippen molar-refractivity contribution in [2.24, 2.45) is 11.8 Å². The molecule has 3 heterocycles. The molecule has 1 aliphatic carbocycles. The first-order valence-electron chi connectivity index (χ1n) is 7.90. The Labute approximate surface area is 130 Å². The quantitative estimate of drug-likeness (QED) is 0.873. The van der Waals surface area contributed by atoms with Gasteiger partial charge >= 0.3 is 0 Å². The summed E-state index contributed by atoms with van der Waals surface area (Å²) in [4.78, 5) is 4.25. The highest BCUT2D eigenvalue weighted by atomic mass is 32.2. The van der Waals surface area contributed by atoms with Crippen molar-refractivity contribution in [2.45, 2.75) is 24.2 Å². The van der Waals surface area contributed by atoms with E-state index in [9.17, 15) is 8.42 Å². The second-order valence-corrected chi connectivity index (χ2v) is 8.67. The first kappa shape index (κ1) is 14.4. The number of ether oxygens (including phenoxy) is 1. The molecule has 1 aromatic rings. The summed E-state index contributed by atoms with van der Waals surface area (Å²) in [6.45, 7) is 2.61. The van der Waals surface area contributed by atoms with E-state index in [1.165, 1.54) is 0 Å². The molecule has 3 fully saturated rings. The van der Waals surface area contributed by atoms with Crippen molar-refractivity contribution in [3.05, 3.63) is 24.4 Å². The van der Waals surface area contributed by atoms with Gasteiger partial charge in [0.1, 0.15) is 5.82 Å². The van der Waals surface area contributed by atoms with E-state index in [4.69, 9.17) is 4.74 Å². The van der Waals surface area contributed by atoms with E-state index in [0.717, 1.165) is 25.2 Å². The maximum absolute atomic E-state index is 12.4. The number of sulfonamides is 1. The molecule has 3 aliphatic rings. The molecule has 1 aromatic heterocycles. The fourth-order valence-corrected chi connectivity index (χ4v) is 5.35. The van der Waals surface area contributed by atoms with Crippen LogP contribution in [-0.2, 0) is 14.8 Å². The third-order valence-corrected chi connectivity index (χ3v) is 7.25.